The number of aryl methyl sites for hydroxylation is 1. The van der Waals surface area contributed by atoms with Crippen LogP contribution in [0.4, 0.5) is 5.69 Å². The molecule has 1 N–H and O–H groups in total. The van der Waals surface area contributed by atoms with Gasteiger partial charge in [0, 0.05) is 34.5 Å². The molecule has 0 saturated carbocycles. The number of hydrogen-bond acceptors (Lipinski definition) is 2. The highest BCUT2D eigenvalue weighted by Crippen LogP contribution is 2.16. The van der Waals surface area contributed by atoms with Gasteiger partial charge in [0.25, 0.3) is 11.8 Å². The van der Waals surface area contributed by atoms with Gasteiger partial charge in [0.1, 0.15) is 0 Å². The van der Waals surface area contributed by atoms with E-state index in [-0.39, 0.29) is 11.8 Å². The molecule has 0 unspecified atom stereocenters. The summed E-state index contributed by atoms with van der Waals surface area (Å²) >= 11 is 2.21. The van der Waals surface area contributed by atoms with Crippen LogP contribution in [0.15, 0.2) is 42.5 Å². The Morgan fingerprint density at radius 2 is 1.59 bits per heavy atom. The van der Waals surface area contributed by atoms with Gasteiger partial charge in [0.05, 0.1) is 0 Å². The van der Waals surface area contributed by atoms with Crippen LogP contribution in [0.1, 0.15) is 26.3 Å². The number of rotatable bonds is 3. The predicted molar refractivity (Wildman–Crippen MR) is 96.3 cm³/mol. The topological polar surface area (TPSA) is 49.4 Å². The predicted octanol–water partition coefficient (Wildman–Crippen LogP) is 3.55. The highest BCUT2D eigenvalue weighted by Gasteiger charge is 2.10. The second kappa shape index (κ2) is 6.91. The van der Waals surface area contributed by atoms with Crippen LogP contribution in [0, 0.1) is 10.5 Å². The average Bonchev–Trinajstić information content (AvgIpc) is 2.50. The Balaban J connectivity index is 2.11. The largest absolute Gasteiger partial charge is 0.345 e. The molecule has 0 bridgehead atoms. The number of carbonyl (C=O) groups is 2. The van der Waals surface area contributed by atoms with Crippen molar-refractivity contribution in [3.05, 3.63) is 62.7 Å². The second-order valence-corrected chi connectivity index (χ2v) is 6.36. The Hall–Kier alpha value is -1.89. The summed E-state index contributed by atoms with van der Waals surface area (Å²) in [6, 6.07) is 12.5. The molecule has 0 spiro atoms. The lowest BCUT2D eigenvalue weighted by atomic mass is 10.1. The zero-order valence-electron chi connectivity index (χ0n) is 12.7. The van der Waals surface area contributed by atoms with Gasteiger partial charge in [-0.3, -0.25) is 9.59 Å². The number of nitrogens with one attached hydrogen (secondary N) is 1. The number of carbonyl (C=O) groups excluding carboxylic acids is 2. The lowest BCUT2D eigenvalue weighted by Gasteiger charge is -2.11. The zero-order valence-corrected chi connectivity index (χ0v) is 14.8. The normalized spacial score (nSPS) is 10.2. The Labute approximate surface area is 143 Å². The third-order valence-electron chi connectivity index (χ3n) is 3.23. The summed E-state index contributed by atoms with van der Waals surface area (Å²) in [4.78, 5) is 25.5. The second-order valence-electron chi connectivity index (χ2n) is 5.20. The van der Waals surface area contributed by atoms with E-state index in [1.807, 2.05) is 19.1 Å². The van der Waals surface area contributed by atoms with Gasteiger partial charge in [-0.1, -0.05) is 6.07 Å². The Morgan fingerprint density at radius 3 is 2.14 bits per heavy atom. The van der Waals surface area contributed by atoms with Crippen molar-refractivity contribution < 1.29 is 9.59 Å². The molecule has 2 aromatic rings. The number of hydrogen-bond donors (Lipinski definition) is 1. The van der Waals surface area contributed by atoms with E-state index in [0.29, 0.717) is 16.8 Å². The van der Waals surface area contributed by atoms with Crippen molar-refractivity contribution in [2.45, 2.75) is 6.92 Å². The lowest BCUT2D eigenvalue weighted by molar-refractivity contribution is 0.0827. The number of halogens is 1. The van der Waals surface area contributed by atoms with Crippen molar-refractivity contribution in [1.82, 2.24) is 4.90 Å². The van der Waals surface area contributed by atoms with Gasteiger partial charge in [0.15, 0.2) is 0 Å². The molecule has 4 nitrogen and oxygen atoms in total. The summed E-state index contributed by atoms with van der Waals surface area (Å²) in [5.74, 6) is -0.226. The maximum absolute atomic E-state index is 12.2. The van der Waals surface area contributed by atoms with E-state index in [1.165, 1.54) is 4.90 Å². The fourth-order valence-corrected chi connectivity index (χ4v) is 2.41. The van der Waals surface area contributed by atoms with E-state index < -0.39 is 0 Å². The van der Waals surface area contributed by atoms with Crippen molar-refractivity contribution in [1.29, 1.82) is 0 Å². The summed E-state index contributed by atoms with van der Waals surface area (Å²) in [6.45, 7) is 2.00. The number of anilines is 1. The van der Waals surface area contributed by atoms with Gasteiger partial charge >= 0.3 is 0 Å². The first-order valence-corrected chi connectivity index (χ1v) is 7.85. The molecule has 22 heavy (non-hydrogen) atoms. The van der Waals surface area contributed by atoms with Crippen molar-refractivity contribution in [3.63, 3.8) is 0 Å². The van der Waals surface area contributed by atoms with E-state index in [1.54, 1.807) is 44.4 Å². The van der Waals surface area contributed by atoms with Crippen LogP contribution in [0.3, 0.4) is 0 Å². The molecular weight excluding hydrogens is 391 g/mol. The Bertz CT molecular complexity index is 709. The summed E-state index contributed by atoms with van der Waals surface area (Å²) in [5, 5.41) is 2.83. The molecular formula is C17H17IN2O2. The summed E-state index contributed by atoms with van der Waals surface area (Å²) < 4.78 is 1.05. The van der Waals surface area contributed by atoms with Gasteiger partial charge in [-0.25, -0.2) is 0 Å². The fraction of sp³-hybridized carbons (Fsp3) is 0.176. The molecule has 114 valence electrons. The van der Waals surface area contributed by atoms with E-state index in [4.69, 9.17) is 0 Å². The van der Waals surface area contributed by atoms with Crippen LogP contribution in [-0.2, 0) is 0 Å². The molecule has 0 atom stereocenters. The number of benzene rings is 2. The van der Waals surface area contributed by atoms with Crippen molar-refractivity contribution >= 4 is 40.1 Å². The van der Waals surface area contributed by atoms with Crippen LogP contribution < -0.4 is 5.32 Å². The molecule has 0 aliphatic rings. The van der Waals surface area contributed by atoms with E-state index >= 15 is 0 Å². The lowest BCUT2D eigenvalue weighted by Crippen LogP contribution is -2.21. The molecule has 5 heteroatoms. The van der Waals surface area contributed by atoms with Gasteiger partial charge in [0.2, 0.25) is 0 Å². The van der Waals surface area contributed by atoms with Crippen LogP contribution in [-0.4, -0.2) is 30.8 Å². The monoisotopic (exact) mass is 408 g/mol. The first-order valence-electron chi connectivity index (χ1n) is 6.77. The minimum Gasteiger partial charge on any atom is -0.345 e. The van der Waals surface area contributed by atoms with Gasteiger partial charge in [-0.05, 0) is 71.5 Å². The van der Waals surface area contributed by atoms with Crippen molar-refractivity contribution in [3.8, 4) is 0 Å². The zero-order chi connectivity index (χ0) is 16.3. The van der Waals surface area contributed by atoms with Crippen LogP contribution in [0.25, 0.3) is 0 Å². The maximum Gasteiger partial charge on any atom is 0.255 e. The maximum atomic E-state index is 12.2. The highest BCUT2D eigenvalue weighted by molar-refractivity contribution is 14.1. The SMILES string of the molecule is Cc1ccc(C(=O)Nc2ccc(C(=O)N(C)C)cc2)cc1I. The van der Waals surface area contributed by atoms with Crippen LogP contribution >= 0.6 is 22.6 Å². The molecule has 0 fully saturated rings. The minimum atomic E-state index is -0.162. The molecule has 0 aliphatic carbocycles. The third-order valence-corrected chi connectivity index (χ3v) is 4.39. The average molecular weight is 408 g/mol. The molecule has 0 aliphatic heterocycles. The molecule has 0 saturated heterocycles. The van der Waals surface area contributed by atoms with Crippen LogP contribution in [0.5, 0.6) is 0 Å². The molecule has 0 radical (unpaired) electrons. The van der Waals surface area contributed by atoms with Gasteiger partial charge in [-0.2, -0.15) is 0 Å². The number of nitrogens with zero attached hydrogens (tertiary/aromatic N) is 1. The Kier molecular flexibility index (Phi) is 5.18. The van der Waals surface area contributed by atoms with E-state index in [2.05, 4.69) is 27.9 Å². The Morgan fingerprint density at radius 1 is 1.00 bits per heavy atom. The first kappa shape index (κ1) is 16.5. The molecule has 2 rings (SSSR count). The molecule has 0 heterocycles. The fourth-order valence-electron chi connectivity index (χ4n) is 1.89. The first-order chi connectivity index (χ1) is 10.4. The summed E-state index contributed by atoms with van der Waals surface area (Å²) in [7, 11) is 3.41. The molecule has 2 amide bonds. The molecule has 2 aromatic carbocycles. The van der Waals surface area contributed by atoms with E-state index in [0.717, 1.165) is 9.13 Å². The smallest absolute Gasteiger partial charge is 0.255 e. The summed E-state index contributed by atoms with van der Waals surface area (Å²) in [5.41, 5.74) is 3.01. The van der Waals surface area contributed by atoms with Crippen LogP contribution in [0.2, 0.25) is 0 Å². The van der Waals surface area contributed by atoms with Crippen molar-refractivity contribution in [2.75, 3.05) is 19.4 Å². The minimum absolute atomic E-state index is 0.0639. The van der Waals surface area contributed by atoms with E-state index in [9.17, 15) is 9.59 Å². The summed E-state index contributed by atoms with van der Waals surface area (Å²) in [6.07, 6.45) is 0. The van der Waals surface area contributed by atoms with Gasteiger partial charge < -0.3 is 10.2 Å². The standard InChI is InChI=1S/C17H17IN2O2/c1-11-4-5-13(10-15(11)18)16(21)19-14-8-6-12(7-9-14)17(22)20(2)3/h4-10H,1-3H3,(H,19,21). The quantitative estimate of drug-likeness (QED) is 0.790. The number of amides is 2. The molecule has 0 aromatic heterocycles. The van der Waals surface area contributed by atoms with Gasteiger partial charge in [-0.15, -0.1) is 0 Å². The third kappa shape index (κ3) is 3.85. The highest BCUT2D eigenvalue weighted by atomic mass is 127. The van der Waals surface area contributed by atoms with Crippen molar-refractivity contribution in [2.24, 2.45) is 0 Å².